The lowest BCUT2D eigenvalue weighted by molar-refractivity contribution is 0.317. The number of rotatable bonds is 5. The molecule has 1 heterocycles. The maximum Gasteiger partial charge on any atom is 0.140 e. The highest BCUT2D eigenvalue weighted by Gasteiger charge is 2.08. The summed E-state index contributed by atoms with van der Waals surface area (Å²) in [4.78, 5) is 5.97. The largest absolute Gasteiger partial charge is 0.409 e. The van der Waals surface area contributed by atoms with Crippen LogP contribution >= 0.6 is 11.6 Å². The zero-order valence-corrected chi connectivity index (χ0v) is 9.85. The number of hydrogen-bond acceptors (Lipinski definition) is 4. The Hall–Kier alpha value is -1.49. The topological polar surface area (TPSA) is 74.7 Å². The summed E-state index contributed by atoms with van der Waals surface area (Å²) < 4.78 is 0. The molecule has 0 aromatic carbocycles. The summed E-state index contributed by atoms with van der Waals surface area (Å²) in [5.41, 5.74) is 6.33. The van der Waals surface area contributed by atoms with Gasteiger partial charge >= 0.3 is 0 Å². The fraction of sp³-hybridized carbons (Fsp3) is 0.400. The van der Waals surface area contributed by atoms with Crippen LogP contribution in [0.15, 0.2) is 23.6 Å². The number of nitrogens with zero attached hydrogens (tertiary/aromatic N) is 3. The van der Waals surface area contributed by atoms with Crippen molar-refractivity contribution in [3.8, 4) is 0 Å². The molecule has 0 bridgehead atoms. The number of aromatic nitrogens is 1. The Balaban J connectivity index is 2.71. The van der Waals surface area contributed by atoms with Gasteiger partial charge in [0.2, 0.25) is 0 Å². The van der Waals surface area contributed by atoms with Crippen molar-refractivity contribution in [2.24, 2.45) is 10.9 Å². The van der Waals surface area contributed by atoms with Crippen LogP contribution in [0.2, 0.25) is 5.02 Å². The first kappa shape index (κ1) is 12.6. The molecule has 3 N–H and O–H groups in total. The second kappa shape index (κ2) is 6.17. The molecule has 1 aromatic heterocycles. The molecule has 1 rings (SSSR count). The van der Waals surface area contributed by atoms with Gasteiger partial charge in [-0.3, -0.25) is 4.98 Å². The first-order chi connectivity index (χ1) is 7.69. The van der Waals surface area contributed by atoms with Crippen molar-refractivity contribution in [2.45, 2.75) is 13.3 Å². The molecule has 5 nitrogen and oxygen atoms in total. The predicted octanol–water partition coefficient (Wildman–Crippen LogP) is 1.70. The molecule has 0 saturated heterocycles. The molecule has 0 aliphatic heterocycles. The van der Waals surface area contributed by atoms with E-state index in [2.05, 4.69) is 10.1 Å². The zero-order valence-electron chi connectivity index (χ0n) is 9.10. The summed E-state index contributed by atoms with van der Waals surface area (Å²) in [7, 11) is 0. The molecule has 6 heteroatoms. The fourth-order valence-corrected chi connectivity index (χ4v) is 1.61. The minimum atomic E-state index is 0.212. The van der Waals surface area contributed by atoms with Gasteiger partial charge in [0.15, 0.2) is 0 Å². The average molecular weight is 243 g/mol. The van der Waals surface area contributed by atoms with Crippen LogP contribution < -0.4 is 10.6 Å². The number of hydrogen-bond donors (Lipinski definition) is 2. The predicted molar refractivity (Wildman–Crippen MR) is 65.2 cm³/mol. The van der Waals surface area contributed by atoms with Crippen LogP contribution in [0.25, 0.3) is 0 Å². The first-order valence-corrected chi connectivity index (χ1v) is 5.37. The molecular formula is C10H15ClN4O. The van der Waals surface area contributed by atoms with E-state index >= 15 is 0 Å². The van der Waals surface area contributed by atoms with E-state index in [0.29, 0.717) is 18.0 Å². The molecule has 0 atom stereocenters. The fourth-order valence-electron chi connectivity index (χ4n) is 1.37. The van der Waals surface area contributed by atoms with E-state index < -0.39 is 0 Å². The van der Waals surface area contributed by atoms with Gasteiger partial charge in [-0.05, 0) is 13.0 Å². The number of pyridine rings is 1. The Labute approximate surface area is 99.5 Å². The van der Waals surface area contributed by atoms with Crippen LogP contribution in [0.5, 0.6) is 0 Å². The molecule has 0 fully saturated rings. The molecule has 0 aliphatic carbocycles. The van der Waals surface area contributed by atoms with E-state index in [1.54, 1.807) is 12.4 Å². The molecule has 16 heavy (non-hydrogen) atoms. The smallest absolute Gasteiger partial charge is 0.140 e. The molecule has 0 saturated carbocycles. The minimum absolute atomic E-state index is 0.212. The Morgan fingerprint density at radius 3 is 3.00 bits per heavy atom. The molecule has 0 spiro atoms. The highest BCUT2D eigenvalue weighted by Crippen LogP contribution is 2.23. The van der Waals surface area contributed by atoms with E-state index in [9.17, 15) is 0 Å². The van der Waals surface area contributed by atoms with Crippen molar-refractivity contribution >= 4 is 23.1 Å². The summed E-state index contributed by atoms with van der Waals surface area (Å²) in [5, 5.41) is 12.0. The van der Waals surface area contributed by atoms with Crippen LogP contribution in [0, 0.1) is 0 Å². The standard InChI is InChI=1S/C10H15ClN4O/c1-2-15(6-4-10(12)14-16)9-3-5-13-7-8(9)11/h3,5,7,16H,2,4,6H2,1H3,(H2,12,14). The summed E-state index contributed by atoms with van der Waals surface area (Å²) in [6.45, 7) is 3.46. The molecule has 0 radical (unpaired) electrons. The summed E-state index contributed by atoms with van der Waals surface area (Å²) in [6.07, 6.45) is 3.78. The molecule has 1 aromatic rings. The number of halogens is 1. The van der Waals surface area contributed by atoms with Crippen molar-refractivity contribution in [3.05, 3.63) is 23.5 Å². The summed E-state index contributed by atoms with van der Waals surface area (Å²) in [6, 6.07) is 1.85. The minimum Gasteiger partial charge on any atom is -0.409 e. The zero-order chi connectivity index (χ0) is 12.0. The Bertz CT molecular complexity index is 370. The normalized spacial score (nSPS) is 11.5. The monoisotopic (exact) mass is 242 g/mol. The molecular weight excluding hydrogens is 228 g/mol. The molecule has 0 aliphatic rings. The van der Waals surface area contributed by atoms with Gasteiger partial charge in [-0.15, -0.1) is 0 Å². The lowest BCUT2D eigenvalue weighted by Gasteiger charge is -2.23. The molecule has 0 amide bonds. The van der Waals surface area contributed by atoms with E-state index in [4.69, 9.17) is 22.5 Å². The number of oxime groups is 1. The van der Waals surface area contributed by atoms with Crippen LogP contribution in [-0.2, 0) is 0 Å². The summed E-state index contributed by atoms with van der Waals surface area (Å²) in [5.74, 6) is 0.212. The van der Waals surface area contributed by atoms with E-state index in [1.807, 2.05) is 17.9 Å². The molecule has 0 unspecified atom stereocenters. The second-order valence-electron chi connectivity index (χ2n) is 3.25. The van der Waals surface area contributed by atoms with Gasteiger partial charge in [-0.1, -0.05) is 16.8 Å². The van der Waals surface area contributed by atoms with Gasteiger partial charge < -0.3 is 15.8 Å². The highest BCUT2D eigenvalue weighted by molar-refractivity contribution is 6.33. The van der Waals surface area contributed by atoms with E-state index in [-0.39, 0.29) is 5.84 Å². The van der Waals surface area contributed by atoms with Crippen molar-refractivity contribution in [2.75, 3.05) is 18.0 Å². The van der Waals surface area contributed by atoms with Crippen molar-refractivity contribution in [3.63, 3.8) is 0 Å². The van der Waals surface area contributed by atoms with Gasteiger partial charge in [0.25, 0.3) is 0 Å². The number of amidine groups is 1. The van der Waals surface area contributed by atoms with Crippen molar-refractivity contribution in [1.82, 2.24) is 4.98 Å². The van der Waals surface area contributed by atoms with Gasteiger partial charge in [0, 0.05) is 31.9 Å². The SMILES string of the molecule is CCN(CCC(N)=NO)c1ccncc1Cl. The Morgan fingerprint density at radius 1 is 1.69 bits per heavy atom. The van der Waals surface area contributed by atoms with E-state index in [0.717, 1.165) is 12.2 Å². The number of anilines is 1. The van der Waals surface area contributed by atoms with Crippen LogP contribution in [0.1, 0.15) is 13.3 Å². The quantitative estimate of drug-likeness (QED) is 0.357. The van der Waals surface area contributed by atoms with Gasteiger partial charge in [-0.25, -0.2) is 0 Å². The maximum atomic E-state index is 8.45. The van der Waals surface area contributed by atoms with Crippen LogP contribution in [-0.4, -0.2) is 29.1 Å². The third-order valence-corrected chi connectivity index (χ3v) is 2.53. The lowest BCUT2D eigenvalue weighted by Crippen LogP contribution is -2.28. The Morgan fingerprint density at radius 2 is 2.44 bits per heavy atom. The molecule has 88 valence electrons. The highest BCUT2D eigenvalue weighted by atomic mass is 35.5. The van der Waals surface area contributed by atoms with Crippen LogP contribution in [0.3, 0.4) is 0 Å². The van der Waals surface area contributed by atoms with Gasteiger partial charge in [-0.2, -0.15) is 0 Å². The summed E-state index contributed by atoms with van der Waals surface area (Å²) >= 11 is 6.03. The van der Waals surface area contributed by atoms with Crippen molar-refractivity contribution < 1.29 is 5.21 Å². The second-order valence-corrected chi connectivity index (χ2v) is 3.66. The van der Waals surface area contributed by atoms with Crippen LogP contribution in [0.4, 0.5) is 5.69 Å². The first-order valence-electron chi connectivity index (χ1n) is 5.00. The van der Waals surface area contributed by atoms with E-state index in [1.165, 1.54) is 0 Å². The van der Waals surface area contributed by atoms with Gasteiger partial charge in [0.05, 0.1) is 10.7 Å². The average Bonchev–Trinajstić information content (AvgIpc) is 2.31. The third-order valence-electron chi connectivity index (χ3n) is 2.24. The lowest BCUT2D eigenvalue weighted by atomic mass is 10.3. The Kier molecular flexibility index (Phi) is 4.85. The maximum absolute atomic E-state index is 8.45. The number of nitrogens with two attached hydrogens (primary N) is 1. The third kappa shape index (κ3) is 3.27. The van der Waals surface area contributed by atoms with Gasteiger partial charge in [0.1, 0.15) is 5.84 Å². The van der Waals surface area contributed by atoms with Crippen molar-refractivity contribution in [1.29, 1.82) is 0 Å².